The molecule has 0 aromatic rings. The Hall–Kier alpha value is 0.960. The summed E-state index contributed by atoms with van der Waals surface area (Å²) in [5.74, 6) is 0. The Kier molecular flexibility index (Phi) is 14.9. The molecule has 0 saturated heterocycles. The third-order valence-electron chi connectivity index (χ3n) is 2.76. The van der Waals surface area contributed by atoms with Crippen molar-refractivity contribution < 1.29 is 5.11 Å². The second kappa shape index (κ2) is 14.0. The van der Waals surface area contributed by atoms with Gasteiger partial charge in [-0.25, -0.2) is 0 Å². The van der Waals surface area contributed by atoms with Gasteiger partial charge >= 0.3 is 102 Å². The van der Waals surface area contributed by atoms with E-state index in [0.29, 0.717) is 6.61 Å². The first-order valence-corrected chi connectivity index (χ1v) is 7.94. The molecule has 0 atom stereocenters. The number of rotatable bonds is 11. The molecule has 0 aromatic heterocycles. The van der Waals surface area contributed by atoms with E-state index in [1.165, 1.54) is 89.4 Å². The summed E-state index contributed by atoms with van der Waals surface area (Å²) < 4.78 is 1.49. The zero-order chi connectivity index (χ0) is 10.5. The van der Waals surface area contributed by atoms with E-state index in [-0.39, 0.29) is 0 Å². The number of unbranched alkanes of at least 4 members (excludes halogenated alkanes) is 9. The molecular formula is C12H25NaO. The van der Waals surface area contributed by atoms with Gasteiger partial charge in [0.2, 0.25) is 0 Å². The van der Waals surface area contributed by atoms with Crippen LogP contribution < -0.4 is 0 Å². The van der Waals surface area contributed by atoms with Crippen molar-refractivity contribution in [3.8, 4) is 0 Å². The molecule has 0 radical (unpaired) electrons. The minimum absolute atomic E-state index is 0.375. The van der Waals surface area contributed by atoms with Crippen molar-refractivity contribution in [3.05, 3.63) is 0 Å². The van der Waals surface area contributed by atoms with Crippen molar-refractivity contribution in [2.45, 2.75) is 67.9 Å². The summed E-state index contributed by atoms with van der Waals surface area (Å²) in [6.07, 6.45) is 13.6. The van der Waals surface area contributed by atoms with Gasteiger partial charge in [0.15, 0.2) is 0 Å². The van der Waals surface area contributed by atoms with Gasteiger partial charge in [-0.1, -0.05) is 0 Å². The van der Waals surface area contributed by atoms with Crippen LogP contribution in [0.25, 0.3) is 0 Å². The van der Waals surface area contributed by atoms with Gasteiger partial charge in [0, 0.05) is 0 Å². The number of hydrogen-bond donors (Lipinski definition) is 1. The molecule has 2 heteroatoms. The molecular weight excluding hydrogens is 183 g/mol. The predicted octanol–water partition coefficient (Wildman–Crippen LogP) is 3.47. The molecule has 14 heavy (non-hydrogen) atoms. The minimum atomic E-state index is 0.375. The zero-order valence-corrected chi connectivity index (χ0v) is 11.9. The van der Waals surface area contributed by atoms with Gasteiger partial charge in [0.05, 0.1) is 0 Å². The van der Waals surface area contributed by atoms with Crippen LogP contribution in [0.2, 0.25) is 3.67 Å². The quantitative estimate of drug-likeness (QED) is 0.407. The number of aliphatic hydroxyl groups is 1. The second-order valence-corrected chi connectivity index (χ2v) is 5.26. The van der Waals surface area contributed by atoms with Crippen molar-refractivity contribution >= 4 is 27.9 Å². The van der Waals surface area contributed by atoms with Crippen LogP contribution >= 0.6 is 0 Å². The topological polar surface area (TPSA) is 20.2 Å². The van der Waals surface area contributed by atoms with Crippen LogP contribution in [0.3, 0.4) is 0 Å². The zero-order valence-electron chi connectivity index (χ0n) is 9.93. The Labute approximate surface area is 107 Å². The Balaban J connectivity index is 2.78. The first-order valence-electron chi connectivity index (χ1n) is 6.52. The van der Waals surface area contributed by atoms with E-state index < -0.39 is 0 Å². The molecule has 0 amide bonds. The van der Waals surface area contributed by atoms with Gasteiger partial charge in [-0.2, -0.15) is 0 Å². The summed E-state index contributed by atoms with van der Waals surface area (Å²) in [6.45, 7) is 0.375. The van der Waals surface area contributed by atoms with Crippen molar-refractivity contribution in [2.75, 3.05) is 6.61 Å². The summed E-state index contributed by atoms with van der Waals surface area (Å²) in [7, 11) is 0. The van der Waals surface area contributed by atoms with Gasteiger partial charge in [-0.15, -0.1) is 0 Å². The molecule has 0 heterocycles. The summed E-state index contributed by atoms with van der Waals surface area (Å²) >= 11 is 1.39. The molecule has 1 N–H and O–H groups in total. The molecule has 0 aliphatic heterocycles. The molecule has 1 nitrogen and oxygen atoms in total. The van der Waals surface area contributed by atoms with Gasteiger partial charge < -0.3 is 5.11 Å². The maximum atomic E-state index is 8.59. The fourth-order valence-electron chi connectivity index (χ4n) is 1.78. The molecule has 0 unspecified atom stereocenters. The Morgan fingerprint density at radius 1 is 0.571 bits per heavy atom. The fourth-order valence-corrected chi connectivity index (χ4v) is 2.28. The van der Waals surface area contributed by atoms with Crippen LogP contribution in [0.4, 0.5) is 0 Å². The molecule has 0 fully saturated rings. The molecule has 0 bridgehead atoms. The third-order valence-corrected chi connectivity index (χ3v) is 3.47. The average Bonchev–Trinajstić information content (AvgIpc) is 2.21. The van der Waals surface area contributed by atoms with Crippen LogP contribution in [0.15, 0.2) is 0 Å². The van der Waals surface area contributed by atoms with Crippen molar-refractivity contribution in [1.29, 1.82) is 0 Å². The van der Waals surface area contributed by atoms with E-state index in [1.54, 1.807) is 0 Å². The Morgan fingerprint density at radius 3 is 1.29 bits per heavy atom. The van der Waals surface area contributed by atoms with Crippen LogP contribution in [-0.4, -0.2) is 39.6 Å². The van der Waals surface area contributed by atoms with Crippen LogP contribution in [0.1, 0.15) is 64.2 Å². The van der Waals surface area contributed by atoms with Crippen LogP contribution in [-0.2, 0) is 0 Å². The number of hydrogen-bond acceptors (Lipinski definition) is 1. The van der Waals surface area contributed by atoms with E-state index in [9.17, 15) is 0 Å². The van der Waals surface area contributed by atoms with E-state index in [2.05, 4.69) is 0 Å². The number of aliphatic hydroxyl groups excluding tert-OH is 1. The monoisotopic (exact) mass is 208 g/mol. The van der Waals surface area contributed by atoms with E-state index in [4.69, 9.17) is 5.11 Å². The SMILES string of the molecule is OCCCCCCCCCCC[CH2][Na]. The average molecular weight is 208 g/mol. The molecule has 80 valence electrons. The second-order valence-electron chi connectivity index (χ2n) is 4.26. The predicted molar refractivity (Wildman–Crippen MR) is 63.8 cm³/mol. The molecule has 0 spiro atoms. The van der Waals surface area contributed by atoms with E-state index in [1.807, 2.05) is 0 Å². The first-order chi connectivity index (χ1) is 6.91. The van der Waals surface area contributed by atoms with Gasteiger partial charge in [0.25, 0.3) is 0 Å². The summed E-state index contributed by atoms with van der Waals surface area (Å²) in [5.41, 5.74) is 0. The molecule has 0 saturated carbocycles. The Morgan fingerprint density at radius 2 is 0.929 bits per heavy atom. The van der Waals surface area contributed by atoms with E-state index in [0.717, 1.165) is 6.42 Å². The van der Waals surface area contributed by atoms with Crippen LogP contribution in [0.5, 0.6) is 0 Å². The molecule has 0 aliphatic rings. The summed E-state index contributed by atoms with van der Waals surface area (Å²) in [4.78, 5) is 0. The third kappa shape index (κ3) is 13.0. The van der Waals surface area contributed by atoms with Gasteiger partial charge in [-0.05, 0) is 0 Å². The fraction of sp³-hybridized carbons (Fsp3) is 1.00. The molecule has 0 aromatic carbocycles. The van der Waals surface area contributed by atoms with Crippen molar-refractivity contribution in [1.82, 2.24) is 0 Å². The van der Waals surface area contributed by atoms with Gasteiger partial charge in [-0.3, -0.25) is 0 Å². The standard InChI is InChI=1S/C12H25O.Na/c1-2-3-4-5-6-7-8-9-10-11-12-13;/h13H,1-12H2;. The molecule has 0 rings (SSSR count). The Bertz CT molecular complexity index is 84.3. The first kappa shape index (κ1) is 15.0. The summed E-state index contributed by atoms with van der Waals surface area (Å²) in [6, 6.07) is 0. The van der Waals surface area contributed by atoms with Crippen molar-refractivity contribution in [2.24, 2.45) is 0 Å². The summed E-state index contributed by atoms with van der Waals surface area (Å²) in [5, 5.41) is 8.59. The molecule has 0 aliphatic carbocycles. The normalized spacial score (nSPS) is 10.8. The maximum absolute atomic E-state index is 8.59. The van der Waals surface area contributed by atoms with E-state index >= 15 is 0 Å². The van der Waals surface area contributed by atoms with Crippen molar-refractivity contribution in [3.63, 3.8) is 0 Å². The van der Waals surface area contributed by atoms with Crippen LogP contribution in [0, 0.1) is 0 Å². The van der Waals surface area contributed by atoms with Gasteiger partial charge in [0.1, 0.15) is 0 Å².